The predicted molar refractivity (Wildman–Crippen MR) is 155 cm³/mol. The number of ether oxygens (including phenoxy) is 1. The highest BCUT2D eigenvalue weighted by molar-refractivity contribution is 6.00. The number of nitrogens with two attached hydrogens (primary N) is 1. The minimum absolute atomic E-state index is 0.0738. The van der Waals surface area contributed by atoms with E-state index in [1.54, 1.807) is 45.0 Å². The van der Waals surface area contributed by atoms with Crippen LogP contribution in [0.15, 0.2) is 42.5 Å². The summed E-state index contributed by atoms with van der Waals surface area (Å²) in [6.07, 6.45) is 5.24. The Bertz CT molecular complexity index is 1250. The molecule has 0 fully saturated rings. The van der Waals surface area contributed by atoms with Crippen molar-refractivity contribution in [1.29, 1.82) is 0 Å². The molecule has 214 valence electrons. The van der Waals surface area contributed by atoms with E-state index >= 15 is 0 Å². The van der Waals surface area contributed by atoms with E-state index in [2.05, 4.69) is 16.6 Å². The van der Waals surface area contributed by atoms with Gasteiger partial charge in [0.1, 0.15) is 17.7 Å². The first-order chi connectivity index (χ1) is 18.8. The largest absolute Gasteiger partial charge is 0.444 e. The van der Waals surface area contributed by atoms with Crippen molar-refractivity contribution in [2.45, 2.75) is 78.5 Å². The van der Waals surface area contributed by atoms with Crippen LogP contribution in [0.25, 0.3) is 0 Å². The number of carbonyl (C=O) groups is 4. The standard InChI is InChI=1S/C31H40N4O5/c1-8-19-35(29(38)24(17-18-25(32)36)33-30(39)40-31(5,6)7)27(23-16-11-10-15-22(23)9-2)28(37)34-26-20(3)13-12-14-21(26)4/h2,10-16,24,27H,8,17-19H2,1,3-7H3,(H2,32,36)(H,33,39)(H,34,37). The van der Waals surface area contributed by atoms with Gasteiger partial charge in [-0.05, 0) is 70.2 Å². The SMILES string of the molecule is C#Cc1ccccc1C(C(=O)Nc1c(C)cccc1C)N(CCC)C(=O)C(CCC(N)=O)NC(=O)OC(C)(C)C. The lowest BCUT2D eigenvalue weighted by Crippen LogP contribution is -2.53. The molecule has 2 rings (SSSR count). The quantitative estimate of drug-likeness (QED) is 0.359. The maximum absolute atomic E-state index is 14.1. The van der Waals surface area contributed by atoms with Crippen molar-refractivity contribution >= 4 is 29.5 Å². The van der Waals surface area contributed by atoms with Crippen molar-refractivity contribution in [1.82, 2.24) is 10.2 Å². The van der Waals surface area contributed by atoms with Gasteiger partial charge in [-0.3, -0.25) is 14.4 Å². The van der Waals surface area contributed by atoms with Gasteiger partial charge in [-0.15, -0.1) is 6.42 Å². The molecule has 4 N–H and O–H groups in total. The van der Waals surface area contributed by atoms with Crippen molar-refractivity contribution < 1.29 is 23.9 Å². The maximum Gasteiger partial charge on any atom is 0.408 e. The first-order valence-electron chi connectivity index (χ1n) is 13.3. The van der Waals surface area contributed by atoms with Crippen LogP contribution in [0.1, 0.15) is 75.3 Å². The fourth-order valence-electron chi connectivity index (χ4n) is 4.32. The summed E-state index contributed by atoms with van der Waals surface area (Å²) in [6, 6.07) is 10.3. The minimum atomic E-state index is -1.18. The van der Waals surface area contributed by atoms with E-state index in [1.807, 2.05) is 39.0 Å². The third kappa shape index (κ3) is 8.87. The van der Waals surface area contributed by atoms with Crippen LogP contribution in [0.3, 0.4) is 0 Å². The second-order valence-corrected chi connectivity index (χ2v) is 10.6. The molecule has 9 nitrogen and oxygen atoms in total. The zero-order chi connectivity index (χ0) is 30.0. The van der Waals surface area contributed by atoms with Crippen LogP contribution >= 0.6 is 0 Å². The summed E-state index contributed by atoms with van der Waals surface area (Å²) in [5.41, 5.74) is 7.81. The Morgan fingerprint density at radius 1 is 1.05 bits per heavy atom. The highest BCUT2D eigenvalue weighted by Gasteiger charge is 2.37. The third-order valence-electron chi connectivity index (χ3n) is 6.12. The number of terminal acetylenes is 1. The number of para-hydroxylation sites is 1. The van der Waals surface area contributed by atoms with Gasteiger partial charge in [0.25, 0.3) is 5.91 Å². The van der Waals surface area contributed by atoms with Crippen molar-refractivity contribution in [3.05, 3.63) is 64.7 Å². The summed E-state index contributed by atoms with van der Waals surface area (Å²) in [4.78, 5) is 53.8. The monoisotopic (exact) mass is 548 g/mol. The minimum Gasteiger partial charge on any atom is -0.444 e. The average Bonchev–Trinajstić information content (AvgIpc) is 2.87. The van der Waals surface area contributed by atoms with E-state index in [-0.39, 0.29) is 19.4 Å². The third-order valence-corrected chi connectivity index (χ3v) is 6.12. The number of alkyl carbamates (subject to hydrolysis) is 1. The molecule has 0 bridgehead atoms. The van der Waals surface area contributed by atoms with Crippen LogP contribution in [-0.4, -0.2) is 46.9 Å². The van der Waals surface area contributed by atoms with Crippen molar-refractivity contribution in [3.8, 4) is 12.3 Å². The van der Waals surface area contributed by atoms with Gasteiger partial charge in [0.05, 0.1) is 0 Å². The maximum atomic E-state index is 14.1. The number of hydrogen-bond donors (Lipinski definition) is 3. The molecule has 2 unspecified atom stereocenters. The van der Waals surface area contributed by atoms with E-state index < -0.39 is 41.5 Å². The first kappa shape index (κ1) is 31.9. The van der Waals surface area contributed by atoms with Gasteiger partial charge in [0.2, 0.25) is 11.8 Å². The first-order valence-corrected chi connectivity index (χ1v) is 13.3. The number of hydrogen-bond acceptors (Lipinski definition) is 5. The molecular weight excluding hydrogens is 508 g/mol. The summed E-state index contributed by atoms with van der Waals surface area (Å²) < 4.78 is 5.36. The van der Waals surface area contributed by atoms with E-state index in [0.29, 0.717) is 23.2 Å². The van der Waals surface area contributed by atoms with Crippen molar-refractivity contribution in [3.63, 3.8) is 0 Å². The van der Waals surface area contributed by atoms with Crippen LogP contribution in [0.4, 0.5) is 10.5 Å². The number of nitrogens with one attached hydrogen (secondary N) is 2. The Morgan fingerprint density at radius 3 is 2.23 bits per heavy atom. The van der Waals surface area contributed by atoms with Crippen LogP contribution < -0.4 is 16.4 Å². The van der Waals surface area contributed by atoms with E-state index in [4.69, 9.17) is 16.9 Å². The molecule has 0 saturated heterocycles. The zero-order valence-corrected chi connectivity index (χ0v) is 24.2. The topological polar surface area (TPSA) is 131 Å². The van der Waals surface area contributed by atoms with E-state index in [0.717, 1.165) is 11.1 Å². The molecule has 2 aromatic carbocycles. The van der Waals surface area contributed by atoms with Gasteiger partial charge in [-0.2, -0.15) is 0 Å². The van der Waals surface area contributed by atoms with Gasteiger partial charge in [0.15, 0.2) is 0 Å². The number of aryl methyl sites for hydroxylation is 2. The molecule has 0 aliphatic carbocycles. The lowest BCUT2D eigenvalue weighted by molar-refractivity contribution is -0.141. The summed E-state index contributed by atoms with van der Waals surface area (Å²) in [5.74, 6) is 0.948. The summed E-state index contributed by atoms with van der Waals surface area (Å²) in [6.45, 7) is 10.9. The van der Waals surface area contributed by atoms with Crippen molar-refractivity contribution in [2.24, 2.45) is 5.73 Å². The normalized spacial score (nSPS) is 12.4. The Hall–Kier alpha value is -4.32. The molecule has 9 heteroatoms. The fourth-order valence-corrected chi connectivity index (χ4v) is 4.32. The molecule has 0 saturated carbocycles. The Balaban J connectivity index is 2.61. The van der Waals surface area contributed by atoms with Gasteiger partial charge in [-0.25, -0.2) is 4.79 Å². The number of amides is 4. The summed E-state index contributed by atoms with van der Waals surface area (Å²) in [5, 5.41) is 5.57. The average molecular weight is 549 g/mol. The Labute approximate surface area is 236 Å². The molecule has 4 amide bonds. The smallest absolute Gasteiger partial charge is 0.408 e. The number of benzene rings is 2. The second kappa shape index (κ2) is 14.2. The Kier molecular flexibility index (Phi) is 11.3. The molecule has 2 atom stereocenters. The number of carbonyl (C=O) groups excluding carboxylic acids is 4. The fraction of sp³-hybridized carbons (Fsp3) is 0.419. The molecule has 0 heterocycles. The summed E-state index contributed by atoms with van der Waals surface area (Å²) >= 11 is 0. The number of nitrogens with zero attached hydrogens (tertiary/aromatic N) is 1. The molecule has 0 radical (unpaired) electrons. The van der Waals surface area contributed by atoms with Crippen LogP contribution in [0, 0.1) is 26.2 Å². The molecule has 0 aliphatic heterocycles. The number of anilines is 1. The molecular formula is C31H40N4O5. The van der Waals surface area contributed by atoms with E-state index in [9.17, 15) is 19.2 Å². The molecule has 2 aromatic rings. The Morgan fingerprint density at radius 2 is 1.68 bits per heavy atom. The van der Waals surface area contributed by atoms with Crippen LogP contribution in [-0.2, 0) is 19.1 Å². The van der Waals surface area contributed by atoms with Gasteiger partial charge in [-0.1, -0.05) is 49.2 Å². The summed E-state index contributed by atoms with van der Waals surface area (Å²) in [7, 11) is 0. The predicted octanol–water partition coefficient (Wildman–Crippen LogP) is 4.36. The highest BCUT2D eigenvalue weighted by atomic mass is 16.6. The van der Waals surface area contributed by atoms with Gasteiger partial charge < -0.3 is 26.0 Å². The lowest BCUT2D eigenvalue weighted by Gasteiger charge is -2.35. The second-order valence-electron chi connectivity index (χ2n) is 10.6. The lowest BCUT2D eigenvalue weighted by atomic mass is 9.96. The highest BCUT2D eigenvalue weighted by Crippen LogP contribution is 2.29. The van der Waals surface area contributed by atoms with Gasteiger partial charge >= 0.3 is 6.09 Å². The van der Waals surface area contributed by atoms with E-state index in [1.165, 1.54) is 4.90 Å². The van der Waals surface area contributed by atoms with Gasteiger partial charge in [0, 0.05) is 24.2 Å². The van der Waals surface area contributed by atoms with Crippen molar-refractivity contribution in [2.75, 3.05) is 11.9 Å². The number of primary amides is 1. The molecule has 0 aromatic heterocycles. The molecule has 40 heavy (non-hydrogen) atoms. The number of rotatable bonds is 11. The van der Waals surface area contributed by atoms with Crippen LogP contribution in [0.2, 0.25) is 0 Å². The van der Waals surface area contributed by atoms with Crippen LogP contribution in [0.5, 0.6) is 0 Å². The molecule has 0 aliphatic rings. The molecule has 0 spiro atoms. The zero-order valence-electron chi connectivity index (χ0n) is 24.2.